The Labute approximate surface area is 87.9 Å². The van der Waals surface area contributed by atoms with Crippen molar-refractivity contribution in [2.24, 2.45) is 5.84 Å². The van der Waals surface area contributed by atoms with Crippen LogP contribution in [0.1, 0.15) is 15.9 Å². The summed E-state index contributed by atoms with van der Waals surface area (Å²) < 4.78 is 0. The van der Waals surface area contributed by atoms with Crippen molar-refractivity contribution in [2.75, 3.05) is 0 Å². The number of rotatable bonds is 1. The van der Waals surface area contributed by atoms with Gasteiger partial charge in [0.1, 0.15) is 0 Å². The van der Waals surface area contributed by atoms with Crippen LogP contribution in [0.15, 0.2) is 36.4 Å². The molecular weight excluding hydrogens is 188 g/mol. The molecule has 0 aliphatic carbocycles. The highest BCUT2D eigenvalue weighted by Crippen LogP contribution is 2.19. The Morgan fingerprint density at radius 1 is 1.20 bits per heavy atom. The van der Waals surface area contributed by atoms with Crippen LogP contribution in [0.5, 0.6) is 0 Å². The van der Waals surface area contributed by atoms with Crippen LogP contribution < -0.4 is 11.3 Å². The van der Waals surface area contributed by atoms with Crippen LogP contribution in [0, 0.1) is 6.92 Å². The third-order valence-electron chi connectivity index (χ3n) is 2.47. The van der Waals surface area contributed by atoms with Crippen molar-refractivity contribution in [2.45, 2.75) is 6.92 Å². The highest BCUT2D eigenvalue weighted by molar-refractivity contribution is 5.99. The van der Waals surface area contributed by atoms with Gasteiger partial charge in [-0.15, -0.1) is 0 Å². The number of hydrogen-bond acceptors (Lipinski definition) is 2. The quantitative estimate of drug-likeness (QED) is 0.418. The third kappa shape index (κ3) is 1.69. The summed E-state index contributed by atoms with van der Waals surface area (Å²) in [5.74, 6) is 4.87. The number of aryl methyl sites for hydroxylation is 1. The zero-order valence-electron chi connectivity index (χ0n) is 8.45. The summed E-state index contributed by atoms with van der Waals surface area (Å²) >= 11 is 0. The number of nitrogen functional groups attached to an aromatic ring is 1. The van der Waals surface area contributed by atoms with Crippen LogP contribution in [0.25, 0.3) is 10.8 Å². The average Bonchev–Trinajstić information content (AvgIpc) is 2.27. The first-order valence-electron chi connectivity index (χ1n) is 4.72. The lowest BCUT2D eigenvalue weighted by molar-refractivity contribution is 0.0953. The van der Waals surface area contributed by atoms with Crippen molar-refractivity contribution in [1.82, 2.24) is 5.43 Å². The summed E-state index contributed by atoms with van der Waals surface area (Å²) in [6, 6.07) is 11.8. The normalized spacial score (nSPS) is 10.3. The zero-order chi connectivity index (χ0) is 10.8. The molecule has 1 amide bonds. The standard InChI is InChI=1S/C12H12N2O/c1-8-6-9-4-2-3-5-10(9)7-11(8)12(15)14-13/h2-7H,13H2,1H3,(H,14,15). The molecule has 2 aromatic carbocycles. The van der Waals surface area contributed by atoms with Crippen LogP contribution in [-0.2, 0) is 0 Å². The van der Waals surface area contributed by atoms with Gasteiger partial charge in [-0.1, -0.05) is 30.3 Å². The van der Waals surface area contributed by atoms with E-state index in [0.29, 0.717) is 5.56 Å². The molecule has 0 bridgehead atoms. The van der Waals surface area contributed by atoms with Crippen molar-refractivity contribution in [1.29, 1.82) is 0 Å². The molecule has 0 unspecified atom stereocenters. The van der Waals surface area contributed by atoms with Crippen LogP contribution in [-0.4, -0.2) is 5.91 Å². The molecular formula is C12H12N2O. The smallest absolute Gasteiger partial charge is 0.265 e. The van der Waals surface area contributed by atoms with Gasteiger partial charge in [0.15, 0.2) is 0 Å². The van der Waals surface area contributed by atoms with Gasteiger partial charge in [0.25, 0.3) is 5.91 Å². The highest BCUT2D eigenvalue weighted by atomic mass is 16.2. The van der Waals surface area contributed by atoms with Gasteiger partial charge in [-0.3, -0.25) is 10.2 Å². The molecule has 3 nitrogen and oxygen atoms in total. The molecule has 0 radical (unpaired) electrons. The van der Waals surface area contributed by atoms with Crippen LogP contribution in [0.2, 0.25) is 0 Å². The lowest BCUT2D eigenvalue weighted by Crippen LogP contribution is -2.30. The van der Waals surface area contributed by atoms with E-state index in [1.54, 1.807) is 0 Å². The van der Waals surface area contributed by atoms with Crippen molar-refractivity contribution < 1.29 is 4.79 Å². The maximum absolute atomic E-state index is 11.4. The lowest BCUT2D eigenvalue weighted by Gasteiger charge is -2.06. The van der Waals surface area contributed by atoms with E-state index in [1.807, 2.05) is 43.3 Å². The fraction of sp³-hybridized carbons (Fsp3) is 0.0833. The van der Waals surface area contributed by atoms with Gasteiger partial charge in [-0.2, -0.15) is 0 Å². The molecule has 0 spiro atoms. The predicted octanol–water partition coefficient (Wildman–Crippen LogP) is 1.75. The Kier molecular flexibility index (Phi) is 2.39. The Morgan fingerprint density at radius 3 is 2.40 bits per heavy atom. The van der Waals surface area contributed by atoms with Gasteiger partial charge >= 0.3 is 0 Å². The number of carbonyl (C=O) groups excluding carboxylic acids is 1. The van der Waals surface area contributed by atoms with E-state index < -0.39 is 0 Å². The average molecular weight is 200 g/mol. The number of nitrogens with one attached hydrogen (secondary N) is 1. The first-order chi connectivity index (χ1) is 7.22. The maximum Gasteiger partial charge on any atom is 0.265 e. The molecule has 3 N–H and O–H groups in total. The molecule has 0 saturated carbocycles. The van der Waals surface area contributed by atoms with Crippen LogP contribution in [0.3, 0.4) is 0 Å². The number of carbonyl (C=O) groups is 1. The minimum Gasteiger partial charge on any atom is -0.290 e. The molecule has 3 heteroatoms. The first kappa shape index (κ1) is 9.68. The number of hydrogen-bond donors (Lipinski definition) is 2. The summed E-state index contributed by atoms with van der Waals surface area (Å²) in [6.45, 7) is 1.90. The Balaban J connectivity index is 2.67. The second-order valence-electron chi connectivity index (χ2n) is 3.49. The first-order valence-corrected chi connectivity index (χ1v) is 4.72. The lowest BCUT2D eigenvalue weighted by atomic mass is 10.0. The SMILES string of the molecule is Cc1cc2ccccc2cc1C(=O)NN. The second-order valence-corrected chi connectivity index (χ2v) is 3.49. The number of amides is 1. The predicted molar refractivity (Wildman–Crippen MR) is 60.3 cm³/mol. The summed E-state index contributed by atoms with van der Waals surface area (Å²) in [4.78, 5) is 11.4. The van der Waals surface area contributed by atoms with Crippen molar-refractivity contribution in [3.8, 4) is 0 Å². The monoisotopic (exact) mass is 200 g/mol. The van der Waals surface area contributed by atoms with Gasteiger partial charge in [0.2, 0.25) is 0 Å². The highest BCUT2D eigenvalue weighted by Gasteiger charge is 2.07. The number of fused-ring (bicyclic) bond motifs is 1. The number of hydrazine groups is 1. The fourth-order valence-corrected chi connectivity index (χ4v) is 1.68. The fourth-order valence-electron chi connectivity index (χ4n) is 1.68. The van der Waals surface area contributed by atoms with Gasteiger partial charge in [-0.05, 0) is 29.3 Å². The van der Waals surface area contributed by atoms with E-state index in [-0.39, 0.29) is 5.91 Å². The molecule has 76 valence electrons. The van der Waals surface area contributed by atoms with E-state index in [0.717, 1.165) is 16.3 Å². The molecule has 0 fully saturated rings. The topological polar surface area (TPSA) is 55.1 Å². The third-order valence-corrected chi connectivity index (χ3v) is 2.47. The second kappa shape index (κ2) is 3.71. The van der Waals surface area contributed by atoms with E-state index in [9.17, 15) is 4.79 Å². The van der Waals surface area contributed by atoms with Crippen molar-refractivity contribution >= 4 is 16.7 Å². The van der Waals surface area contributed by atoms with Crippen LogP contribution >= 0.6 is 0 Å². The molecule has 2 rings (SSSR count). The minimum atomic E-state index is -0.252. The Bertz CT molecular complexity index is 520. The summed E-state index contributed by atoms with van der Waals surface area (Å²) in [5.41, 5.74) is 3.70. The van der Waals surface area contributed by atoms with Gasteiger partial charge < -0.3 is 0 Å². The largest absolute Gasteiger partial charge is 0.290 e. The molecule has 2 aromatic rings. The van der Waals surface area contributed by atoms with Gasteiger partial charge in [0, 0.05) is 5.56 Å². The number of nitrogens with two attached hydrogens (primary N) is 1. The van der Waals surface area contributed by atoms with E-state index >= 15 is 0 Å². The van der Waals surface area contributed by atoms with Gasteiger partial charge in [-0.25, -0.2) is 5.84 Å². The molecule has 0 atom stereocenters. The molecule has 0 aliphatic heterocycles. The van der Waals surface area contributed by atoms with Gasteiger partial charge in [0.05, 0.1) is 0 Å². The van der Waals surface area contributed by atoms with E-state index in [1.165, 1.54) is 0 Å². The van der Waals surface area contributed by atoms with Crippen LogP contribution in [0.4, 0.5) is 0 Å². The summed E-state index contributed by atoms with van der Waals surface area (Å²) in [6.07, 6.45) is 0. The van der Waals surface area contributed by atoms with E-state index in [2.05, 4.69) is 5.43 Å². The molecule has 0 heterocycles. The summed E-state index contributed by atoms with van der Waals surface area (Å²) in [7, 11) is 0. The van der Waals surface area contributed by atoms with E-state index in [4.69, 9.17) is 5.84 Å². The Morgan fingerprint density at radius 2 is 1.80 bits per heavy atom. The van der Waals surface area contributed by atoms with Crippen molar-refractivity contribution in [3.05, 3.63) is 47.5 Å². The number of benzene rings is 2. The molecule has 0 saturated heterocycles. The van der Waals surface area contributed by atoms with Crippen molar-refractivity contribution in [3.63, 3.8) is 0 Å². The minimum absolute atomic E-state index is 0.252. The zero-order valence-corrected chi connectivity index (χ0v) is 8.45. The Hall–Kier alpha value is -1.87. The maximum atomic E-state index is 11.4. The summed E-state index contributed by atoms with van der Waals surface area (Å²) in [5, 5.41) is 2.17. The molecule has 0 aromatic heterocycles. The molecule has 15 heavy (non-hydrogen) atoms. The molecule has 0 aliphatic rings.